The lowest BCUT2D eigenvalue weighted by Gasteiger charge is -2.13. The summed E-state index contributed by atoms with van der Waals surface area (Å²) in [6.45, 7) is 3.59. The number of methoxy groups -OCH3 is 1. The second kappa shape index (κ2) is 8.59. The van der Waals surface area contributed by atoms with Crippen LogP contribution in [0, 0.1) is 12.7 Å². The molecule has 8 heteroatoms. The van der Waals surface area contributed by atoms with Crippen molar-refractivity contribution in [3.05, 3.63) is 83.0 Å². The van der Waals surface area contributed by atoms with Crippen LogP contribution in [0.15, 0.2) is 60.4 Å². The zero-order valence-corrected chi connectivity index (χ0v) is 17.2. The van der Waals surface area contributed by atoms with Gasteiger partial charge in [0.25, 0.3) is 0 Å². The van der Waals surface area contributed by atoms with Gasteiger partial charge in [0, 0.05) is 17.6 Å². The van der Waals surface area contributed by atoms with E-state index in [0.717, 1.165) is 16.8 Å². The molecule has 0 radical (unpaired) electrons. The lowest BCUT2D eigenvalue weighted by atomic mass is 10.1. The summed E-state index contributed by atoms with van der Waals surface area (Å²) in [6, 6.07) is 10.6. The van der Waals surface area contributed by atoms with Crippen molar-refractivity contribution in [2.75, 3.05) is 7.11 Å². The van der Waals surface area contributed by atoms with Crippen molar-refractivity contribution in [2.24, 2.45) is 0 Å². The second-order valence-corrected chi connectivity index (χ2v) is 8.19. The van der Waals surface area contributed by atoms with Crippen molar-refractivity contribution < 1.29 is 17.5 Å². The van der Waals surface area contributed by atoms with Crippen molar-refractivity contribution in [1.29, 1.82) is 0 Å². The van der Waals surface area contributed by atoms with Crippen LogP contribution in [0.1, 0.15) is 29.8 Å². The summed E-state index contributed by atoms with van der Waals surface area (Å²) < 4.78 is 47.6. The Morgan fingerprint density at radius 2 is 1.93 bits per heavy atom. The van der Waals surface area contributed by atoms with Crippen molar-refractivity contribution >= 4 is 16.1 Å². The Hall–Kier alpha value is -2.97. The summed E-state index contributed by atoms with van der Waals surface area (Å²) in [7, 11) is -2.14. The SMILES string of the molecule is COc1cc(/C=C/S(=O)(=O)N[C@@H](C)c2ccc(F)cc2)ccc1-n1cnc(C)c1. The van der Waals surface area contributed by atoms with Crippen LogP contribution in [0.4, 0.5) is 4.39 Å². The molecule has 6 nitrogen and oxygen atoms in total. The van der Waals surface area contributed by atoms with E-state index in [1.165, 1.54) is 18.2 Å². The van der Waals surface area contributed by atoms with Crippen LogP contribution in [0.25, 0.3) is 11.8 Å². The van der Waals surface area contributed by atoms with Gasteiger partial charge in [0.05, 0.1) is 24.8 Å². The molecule has 0 aliphatic rings. The zero-order chi connectivity index (χ0) is 21.0. The monoisotopic (exact) mass is 415 g/mol. The molecular formula is C21H22FN3O3S. The van der Waals surface area contributed by atoms with Gasteiger partial charge in [-0.25, -0.2) is 22.5 Å². The Morgan fingerprint density at radius 3 is 2.55 bits per heavy atom. The first kappa shape index (κ1) is 20.8. The molecule has 1 heterocycles. The highest BCUT2D eigenvalue weighted by Crippen LogP contribution is 2.25. The molecule has 3 aromatic rings. The van der Waals surface area contributed by atoms with Crippen LogP contribution >= 0.6 is 0 Å². The molecule has 2 aromatic carbocycles. The number of benzene rings is 2. The van der Waals surface area contributed by atoms with E-state index in [9.17, 15) is 12.8 Å². The molecule has 0 fully saturated rings. The summed E-state index contributed by atoms with van der Waals surface area (Å²) in [6.07, 6.45) is 5.05. The molecule has 1 atom stereocenters. The van der Waals surface area contributed by atoms with Crippen LogP contribution in [0.2, 0.25) is 0 Å². The average Bonchev–Trinajstić information content (AvgIpc) is 3.12. The third-order valence-electron chi connectivity index (χ3n) is 4.34. The van der Waals surface area contributed by atoms with E-state index >= 15 is 0 Å². The summed E-state index contributed by atoms with van der Waals surface area (Å²) in [5.74, 6) is 0.224. The molecule has 0 bridgehead atoms. The highest BCUT2D eigenvalue weighted by molar-refractivity contribution is 7.92. The normalized spacial score (nSPS) is 13.0. The minimum atomic E-state index is -3.70. The molecule has 1 N–H and O–H groups in total. The number of rotatable bonds is 7. The van der Waals surface area contributed by atoms with Crippen LogP contribution in [-0.2, 0) is 10.0 Å². The first-order chi connectivity index (χ1) is 13.8. The third-order valence-corrected chi connectivity index (χ3v) is 5.52. The predicted octanol–water partition coefficient (Wildman–Crippen LogP) is 3.98. The number of nitrogens with zero attached hydrogens (tertiary/aromatic N) is 2. The van der Waals surface area contributed by atoms with Gasteiger partial charge in [-0.1, -0.05) is 18.2 Å². The van der Waals surface area contributed by atoms with Crippen molar-refractivity contribution in [1.82, 2.24) is 14.3 Å². The fourth-order valence-corrected chi connectivity index (χ4v) is 3.88. The number of aryl methyl sites for hydroxylation is 1. The lowest BCUT2D eigenvalue weighted by molar-refractivity contribution is 0.413. The van der Waals surface area contributed by atoms with Crippen molar-refractivity contribution in [3.8, 4) is 11.4 Å². The fourth-order valence-electron chi connectivity index (χ4n) is 2.84. The number of aromatic nitrogens is 2. The maximum absolute atomic E-state index is 13.0. The number of nitrogens with one attached hydrogen (secondary N) is 1. The van der Waals surface area contributed by atoms with E-state index in [1.807, 2.05) is 23.8 Å². The molecule has 0 amide bonds. The molecule has 29 heavy (non-hydrogen) atoms. The molecule has 0 saturated carbocycles. The highest BCUT2D eigenvalue weighted by Gasteiger charge is 2.13. The molecule has 1 aromatic heterocycles. The first-order valence-electron chi connectivity index (χ1n) is 8.92. The maximum Gasteiger partial charge on any atom is 0.234 e. The fraction of sp³-hybridized carbons (Fsp3) is 0.190. The van der Waals surface area contributed by atoms with Gasteiger partial charge in [0.1, 0.15) is 11.6 Å². The molecule has 152 valence electrons. The Morgan fingerprint density at radius 1 is 1.21 bits per heavy atom. The lowest BCUT2D eigenvalue weighted by Crippen LogP contribution is -2.24. The largest absolute Gasteiger partial charge is 0.495 e. The van der Waals surface area contributed by atoms with E-state index < -0.39 is 16.1 Å². The second-order valence-electron chi connectivity index (χ2n) is 6.59. The van der Waals surface area contributed by atoms with E-state index in [0.29, 0.717) is 16.9 Å². The number of ether oxygens (including phenoxy) is 1. The van der Waals surface area contributed by atoms with Gasteiger partial charge in [-0.2, -0.15) is 0 Å². The van der Waals surface area contributed by atoms with Crippen molar-refractivity contribution in [3.63, 3.8) is 0 Å². The molecule has 0 saturated heterocycles. The van der Waals surface area contributed by atoms with Crippen LogP contribution in [0.3, 0.4) is 0 Å². The summed E-state index contributed by atoms with van der Waals surface area (Å²) >= 11 is 0. The van der Waals surface area contributed by atoms with E-state index in [4.69, 9.17) is 4.74 Å². The highest BCUT2D eigenvalue weighted by atomic mass is 32.2. The van der Waals surface area contributed by atoms with Crippen LogP contribution in [-0.4, -0.2) is 25.1 Å². The Kier molecular flexibility index (Phi) is 6.14. The van der Waals surface area contributed by atoms with Crippen molar-refractivity contribution in [2.45, 2.75) is 19.9 Å². The Labute approximate surface area is 169 Å². The van der Waals surface area contributed by atoms with E-state index in [-0.39, 0.29) is 5.82 Å². The number of hydrogen-bond acceptors (Lipinski definition) is 4. The minimum absolute atomic E-state index is 0.369. The predicted molar refractivity (Wildman–Crippen MR) is 111 cm³/mol. The van der Waals surface area contributed by atoms with Gasteiger partial charge in [-0.15, -0.1) is 0 Å². The summed E-state index contributed by atoms with van der Waals surface area (Å²) in [5, 5.41) is 1.10. The first-order valence-corrected chi connectivity index (χ1v) is 10.5. The van der Waals surface area contributed by atoms with Crippen LogP contribution < -0.4 is 9.46 Å². The number of sulfonamides is 1. The quantitative estimate of drug-likeness (QED) is 0.634. The van der Waals surface area contributed by atoms with Gasteiger partial charge >= 0.3 is 0 Å². The molecular weight excluding hydrogens is 393 g/mol. The molecule has 0 spiro atoms. The van der Waals surface area contributed by atoms with E-state index in [1.54, 1.807) is 44.6 Å². The number of hydrogen-bond donors (Lipinski definition) is 1. The minimum Gasteiger partial charge on any atom is -0.495 e. The molecule has 0 aliphatic carbocycles. The smallest absolute Gasteiger partial charge is 0.234 e. The van der Waals surface area contributed by atoms with Gasteiger partial charge in [0.2, 0.25) is 10.0 Å². The summed E-state index contributed by atoms with van der Waals surface area (Å²) in [4.78, 5) is 4.20. The number of halogens is 1. The van der Waals surface area contributed by atoms with Crippen LogP contribution in [0.5, 0.6) is 5.75 Å². The van der Waals surface area contributed by atoms with Gasteiger partial charge in [0.15, 0.2) is 0 Å². The Balaban J connectivity index is 1.76. The Bertz CT molecular complexity index is 1120. The zero-order valence-electron chi connectivity index (χ0n) is 16.3. The topological polar surface area (TPSA) is 73.2 Å². The number of imidazole rings is 1. The average molecular weight is 415 g/mol. The molecule has 0 aliphatic heterocycles. The van der Waals surface area contributed by atoms with E-state index in [2.05, 4.69) is 9.71 Å². The molecule has 3 rings (SSSR count). The standard InChI is InChI=1S/C21H22FN3O3S/c1-15-13-25(14-23-15)20-9-4-17(12-21(20)28-3)10-11-29(26,27)24-16(2)18-5-7-19(22)8-6-18/h4-14,16,24H,1-3H3/b11-10+/t16-/m0/s1. The van der Waals surface area contributed by atoms with Gasteiger partial charge in [-0.05, 0) is 55.3 Å². The maximum atomic E-state index is 13.0. The molecule has 0 unspecified atom stereocenters. The summed E-state index contributed by atoms with van der Waals surface area (Å²) in [5.41, 5.74) is 3.02. The van der Waals surface area contributed by atoms with Gasteiger partial charge < -0.3 is 9.30 Å². The van der Waals surface area contributed by atoms with Gasteiger partial charge in [-0.3, -0.25) is 0 Å². The third kappa shape index (κ3) is 5.30.